The van der Waals surface area contributed by atoms with Crippen LogP contribution in [0, 0.1) is 0 Å². The third-order valence-electron chi connectivity index (χ3n) is 4.66. The van der Waals surface area contributed by atoms with Gasteiger partial charge in [0.1, 0.15) is 5.75 Å². The number of carbonyl (C=O) groups excluding carboxylic acids is 3. The molecule has 0 aliphatic heterocycles. The molecule has 2 aromatic carbocycles. The fraction of sp³-hybridized carbons (Fsp3) is 0.318. The fourth-order valence-corrected chi connectivity index (χ4v) is 2.97. The first-order valence-electron chi connectivity index (χ1n) is 9.89. The zero-order valence-corrected chi connectivity index (χ0v) is 17.2. The lowest BCUT2D eigenvalue weighted by molar-refractivity contribution is -0.862. The summed E-state index contributed by atoms with van der Waals surface area (Å²) in [5.74, 6) is 0.0390. The summed E-state index contributed by atoms with van der Waals surface area (Å²) in [6, 6.07) is 14.1. The Labute approximate surface area is 175 Å². The highest BCUT2D eigenvalue weighted by atomic mass is 16.5. The van der Waals surface area contributed by atoms with Crippen molar-refractivity contribution in [3.63, 3.8) is 0 Å². The van der Waals surface area contributed by atoms with Gasteiger partial charge in [-0.05, 0) is 49.2 Å². The minimum Gasteiger partial charge on any atom is -0.497 e. The third kappa shape index (κ3) is 6.31. The van der Waals surface area contributed by atoms with Crippen LogP contribution >= 0.6 is 0 Å². The largest absolute Gasteiger partial charge is 0.497 e. The molecular weight excluding hydrogens is 384 g/mol. The lowest BCUT2D eigenvalue weighted by Crippen LogP contribution is -3.11. The van der Waals surface area contributed by atoms with Crippen LogP contribution in [0.15, 0.2) is 48.5 Å². The predicted octanol–water partition coefficient (Wildman–Crippen LogP) is 0.679. The monoisotopic (exact) mass is 411 g/mol. The topological polar surface area (TPSA) is 101 Å². The molecule has 0 saturated heterocycles. The van der Waals surface area contributed by atoms with Crippen LogP contribution in [0.2, 0.25) is 0 Å². The molecule has 0 aromatic heterocycles. The Hall–Kier alpha value is -3.39. The van der Waals surface area contributed by atoms with E-state index in [0.29, 0.717) is 28.7 Å². The summed E-state index contributed by atoms with van der Waals surface area (Å²) in [5.41, 5.74) is 1.39. The maximum atomic E-state index is 12.7. The van der Waals surface area contributed by atoms with Crippen molar-refractivity contribution in [2.24, 2.45) is 0 Å². The van der Waals surface area contributed by atoms with E-state index in [2.05, 4.69) is 16.0 Å². The molecule has 8 nitrogen and oxygen atoms in total. The van der Waals surface area contributed by atoms with Crippen LogP contribution in [0.1, 0.15) is 23.2 Å². The summed E-state index contributed by atoms with van der Waals surface area (Å²) in [7, 11) is 3.36. The number of likely N-dealkylation sites (N-methyl/N-ethyl adjacent to an activating group) is 1. The van der Waals surface area contributed by atoms with Gasteiger partial charge in [0, 0.05) is 11.7 Å². The van der Waals surface area contributed by atoms with E-state index in [9.17, 15) is 14.4 Å². The molecule has 3 rings (SSSR count). The highest BCUT2D eigenvalue weighted by molar-refractivity contribution is 6.10. The number of ether oxygens (including phenoxy) is 1. The van der Waals surface area contributed by atoms with Gasteiger partial charge in [0.25, 0.3) is 17.7 Å². The van der Waals surface area contributed by atoms with Crippen molar-refractivity contribution in [3.05, 3.63) is 54.1 Å². The SMILES string of the molecule is COc1ccc(NC(=O)c2ccccc2NC(=O)C[NH+](C)CC(=O)NC2CC2)cc1. The normalized spacial score (nSPS) is 13.8. The van der Waals surface area contributed by atoms with Crippen molar-refractivity contribution in [1.82, 2.24) is 5.32 Å². The summed E-state index contributed by atoms with van der Waals surface area (Å²) in [6.45, 7) is 0.343. The van der Waals surface area contributed by atoms with Crippen LogP contribution in [0.5, 0.6) is 5.75 Å². The maximum Gasteiger partial charge on any atom is 0.279 e. The molecule has 1 fully saturated rings. The second-order valence-electron chi connectivity index (χ2n) is 7.43. The van der Waals surface area contributed by atoms with E-state index in [0.717, 1.165) is 17.7 Å². The number of hydrogen-bond acceptors (Lipinski definition) is 4. The van der Waals surface area contributed by atoms with Crippen LogP contribution in [0.4, 0.5) is 11.4 Å². The molecule has 0 spiro atoms. The molecule has 8 heteroatoms. The number of quaternary nitrogens is 1. The van der Waals surface area contributed by atoms with E-state index < -0.39 is 0 Å². The van der Waals surface area contributed by atoms with Crippen LogP contribution < -0.4 is 25.6 Å². The Kier molecular flexibility index (Phi) is 7.03. The van der Waals surface area contributed by atoms with E-state index >= 15 is 0 Å². The van der Waals surface area contributed by atoms with Crippen molar-refractivity contribution in [2.45, 2.75) is 18.9 Å². The van der Waals surface area contributed by atoms with Crippen LogP contribution in [-0.4, -0.2) is 51.0 Å². The molecule has 1 aliphatic rings. The van der Waals surface area contributed by atoms with Gasteiger partial charge < -0.3 is 25.6 Å². The number of hydrogen-bond donors (Lipinski definition) is 4. The molecule has 2 aromatic rings. The Morgan fingerprint density at radius 2 is 1.63 bits per heavy atom. The second kappa shape index (κ2) is 9.89. The highest BCUT2D eigenvalue weighted by Gasteiger charge is 2.25. The van der Waals surface area contributed by atoms with Crippen molar-refractivity contribution < 1.29 is 24.0 Å². The van der Waals surface area contributed by atoms with Crippen LogP contribution in [-0.2, 0) is 9.59 Å². The van der Waals surface area contributed by atoms with Gasteiger partial charge in [-0.25, -0.2) is 0 Å². The molecule has 0 heterocycles. The van der Waals surface area contributed by atoms with Gasteiger partial charge in [0.15, 0.2) is 13.1 Å². The molecule has 4 N–H and O–H groups in total. The number of rotatable bonds is 9. The number of amides is 3. The van der Waals surface area contributed by atoms with Crippen molar-refractivity contribution in [1.29, 1.82) is 0 Å². The molecule has 30 heavy (non-hydrogen) atoms. The summed E-state index contributed by atoms with van der Waals surface area (Å²) < 4.78 is 5.11. The van der Waals surface area contributed by atoms with Crippen molar-refractivity contribution >= 4 is 29.1 Å². The smallest absolute Gasteiger partial charge is 0.279 e. The van der Waals surface area contributed by atoms with Gasteiger partial charge in [0.05, 0.1) is 25.4 Å². The molecule has 0 bridgehead atoms. The van der Waals surface area contributed by atoms with Gasteiger partial charge in [0.2, 0.25) is 0 Å². The zero-order chi connectivity index (χ0) is 21.5. The molecule has 3 amide bonds. The van der Waals surface area contributed by atoms with E-state index in [1.807, 2.05) is 0 Å². The third-order valence-corrected chi connectivity index (χ3v) is 4.66. The summed E-state index contributed by atoms with van der Waals surface area (Å²) in [4.78, 5) is 37.8. The fourth-order valence-electron chi connectivity index (χ4n) is 2.97. The Bertz CT molecular complexity index is 910. The predicted molar refractivity (Wildman–Crippen MR) is 114 cm³/mol. The number of nitrogens with one attached hydrogen (secondary N) is 4. The Morgan fingerprint density at radius 1 is 0.967 bits per heavy atom. The highest BCUT2D eigenvalue weighted by Crippen LogP contribution is 2.19. The lowest BCUT2D eigenvalue weighted by atomic mass is 10.1. The minimum atomic E-state index is -0.333. The first kappa shape index (κ1) is 21.3. The summed E-state index contributed by atoms with van der Waals surface area (Å²) in [6.07, 6.45) is 2.06. The molecule has 1 aliphatic carbocycles. The maximum absolute atomic E-state index is 12.7. The van der Waals surface area contributed by atoms with Crippen molar-refractivity contribution in [3.8, 4) is 5.75 Å². The molecule has 1 saturated carbocycles. The van der Waals surface area contributed by atoms with Gasteiger partial charge in [-0.3, -0.25) is 14.4 Å². The number of anilines is 2. The number of methoxy groups -OCH3 is 1. The van der Waals surface area contributed by atoms with Gasteiger partial charge in [-0.15, -0.1) is 0 Å². The van der Waals surface area contributed by atoms with Gasteiger partial charge >= 0.3 is 0 Å². The average Bonchev–Trinajstić information content (AvgIpc) is 3.52. The first-order chi connectivity index (χ1) is 14.4. The molecule has 158 valence electrons. The minimum absolute atomic E-state index is 0.0536. The Morgan fingerprint density at radius 3 is 2.30 bits per heavy atom. The van der Waals surface area contributed by atoms with E-state index in [1.54, 1.807) is 62.7 Å². The second-order valence-corrected chi connectivity index (χ2v) is 7.43. The summed E-state index contributed by atoms with van der Waals surface area (Å²) in [5, 5.41) is 8.50. The van der Waals surface area contributed by atoms with Gasteiger partial charge in [-0.2, -0.15) is 0 Å². The lowest BCUT2D eigenvalue weighted by Gasteiger charge is -2.15. The standard InChI is InChI=1S/C22H26N4O4/c1-26(13-20(27)23-15-7-8-15)14-21(28)25-19-6-4-3-5-18(19)22(29)24-16-9-11-17(30-2)12-10-16/h3-6,9-12,15H,7-8,13-14H2,1-2H3,(H,23,27)(H,24,29)(H,25,28)/p+1. The number of carbonyl (C=O) groups is 3. The quantitative estimate of drug-likeness (QED) is 0.487. The van der Waals surface area contributed by atoms with Crippen LogP contribution in [0.25, 0.3) is 0 Å². The average molecular weight is 411 g/mol. The molecule has 1 atom stereocenters. The molecule has 0 radical (unpaired) electrons. The molecule has 1 unspecified atom stereocenters. The van der Waals surface area contributed by atoms with Gasteiger partial charge in [-0.1, -0.05) is 12.1 Å². The van der Waals surface area contributed by atoms with E-state index in [1.165, 1.54) is 0 Å². The van der Waals surface area contributed by atoms with Crippen molar-refractivity contribution in [2.75, 3.05) is 37.9 Å². The number of para-hydroxylation sites is 1. The molecular formula is C22H27N4O4+. The first-order valence-corrected chi connectivity index (χ1v) is 9.89. The summed E-state index contributed by atoms with van der Waals surface area (Å²) >= 11 is 0. The Balaban J connectivity index is 1.57. The van der Waals surface area contributed by atoms with Crippen LogP contribution in [0.3, 0.4) is 0 Å². The zero-order valence-electron chi connectivity index (χ0n) is 17.2. The van der Waals surface area contributed by atoms with E-state index in [-0.39, 0.29) is 30.8 Å². The van der Waals surface area contributed by atoms with E-state index in [4.69, 9.17) is 4.74 Å². The number of benzene rings is 2.